The first-order chi connectivity index (χ1) is 10.6. The van der Waals surface area contributed by atoms with Gasteiger partial charge in [0.05, 0.1) is 5.56 Å². The highest BCUT2D eigenvalue weighted by Gasteiger charge is 2.21. The first-order valence-electron chi connectivity index (χ1n) is 6.45. The van der Waals surface area contributed by atoms with Crippen LogP contribution >= 0.6 is 22.6 Å². The fraction of sp³-hybridized carbons (Fsp3) is 0. The van der Waals surface area contributed by atoms with Gasteiger partial charge in [-0.05, 0) is 46.9 Å². The van der Waals surface area contributed by atoms with E-state index in [9.17, 15) is 9.59 Å². The summed E-state index contributed by atoms with van der Waals surface area (Å²) in [5.74, 6) is -1.10. The Morgan fingerprint density at radius 3 is 2.45 bits per heavy atom. The second-order valence-electron chi connectivity index (χ2n) is 4.60. The molecule has 6 heteroatoms. The molecule has 0 atom stereocenters. The van der Waals surface area contributed by atoms with Gasteiger partial charge in [-0.1, -0.05) is 24.3 Å². The Bertz CT molecular complexity index is 886. The Balaban J connectivity index is 2.07. The lowest BCUT2D eigenvalue weighted by molar-refractivity contribution is 0.0977. The molecular formula is C16H11IN2O3. The van der Waals surface area contributed by atoms with Crippen molar-refractivity contribution in [3.8, 4) is 0 Å². The molecule has 0 aliphatic carbocycles. The molecule has 0 spiro atoms. The zero-order chi connectivity index (χ0) is 15.7. The molecule has 0 fully saturated rings. The van der Waals surface area contributed by atoms with Crippen LogP contribution in [-0.2, 0) is 0 Å². The predicted octanol–water partition coefficient (Wildman–Crippen LogP) is 3.39. The third-order valence-electron chi connectivity index (χ3n) is 3.18. The summed E-state index contributed by atoms with van der Waals surface area (Å²) in [5, 5.41) is 3.37. The molecule has 0 aliphatic rings. The van der Waals surface area contributed by atoms with Crippen LogP contribution in [0.3, 0.4) is 0 Å². The van der Waals surface area contributed by atoms with Crippen LogP contribution in [0.25, 0.3) is 11.0 Å². The highest BCUT2D eigenvalue weighted by molar-refractivity contribution is 14.1. The molecular weight excluding hydrogens is 395 g/mol. The van der Waals surface area contributed by atoms with Crippen molar-refractivity contribution in [3.05, 3.63) is 63.4 Å². The van der Waals surface area contributed by atoms with Crippen LogP contribution in [0.15, 0.2) is 52.9 Å². The van der Waals surface area contributed by atoms with Crippen molar-refractivity contribution >= 4 is 51.1 Å². The average Bonchev–Trinajstić information content (AvgIpc) is 2.87. The number of nitrogens with two attached hydrogens (primary N) is 1. The highest BCUT2D eigenvalue weighted by atomic mass is 127. The molecule has 22 heavy (non-hydrogen) atoms. The zero-order valence-electron chi connectivity index (χ0n) is 11.3. The van der Waals surface area contributed by atoms with Gasteiger partial charge in [0, 0.05) is 8.96 Å². The first-order valence-corrected chi connectivity index (χ1v) is 7.53. The van der Waals surface area contributed by atoms with E-state index in [4.69, 9.17) is 10.2 Å². The molecule has 0 unspecified atom stereocenters. The molecule has 0 saturated carbocycles. The number of hydrogen-bond acceptors (Lipinski definition) is 3. The minimum absolute atomic E-state index is 0.0551. The third-order valence-corrected chi connectivity index (χ3v) is 4.12. The minimum Gasteiger partial charge on any atom is -0.449 e. The van der Waals surface area contributed by atoms with E-state index >= 15 is 0 Å². The van der Waals surface area contributed by atoms with E-state index in [1.165, 1.54) is 0 Å². The average molecular weight is 406 g/mol. The number of carbonyl (C=O) groups is 2. The van der Waals surface area contributed by atoms with Gasteiger partial charge in [-0.25, -0.2) is 0 Å². The SMILES string of the molecule is NC(=O)c1oc2ccccc2c1NC(=O)c1ccccc1I. The van der Waals surface area contributed by atoms with Crippen molar-refractivity contribution in [1.82, 2.24) is 0 Å². The molecule has 1 aromatic heterocycles. The van der Waals surface area contributed by atoms with Gasteiger partial charge >= 0.3 is 0 Å². The number of anilines is 1. The lowest BCUT2D eigenvalue weighted by Crippen LogP contribution is -2.17. The summed E-state index contributed by atoms with van der Waals surface area (Å²) < 4.78 is 6.25. The number of hydrogen-bond donors (Lipinski definition) is 2. The van der Waals surface area contributed by atoms with E-state index in [0.29, 0.717) is 22.2 Å². The van der Waals surface area contributed by atoms with Gasteiger partial charge in [0.25, 0.3) is 11.8 Å². The Labute approximate surface area is 139 Å². The van der Waals surface area contributed by atoms with Gasteiger partial charge in [-0.3, -0.25) is 9.59 Å². The van der Waals surface area contributed by atoms with Crippen LogP contribution in [0.4, 0.5) is 5.69 Å². The second-order valence-corrected chi connectivity index (χ2v) is 5.76. The molecule has 110 valence electrons. The molecule has 0 radical (unpaired) electrons. The van der Waals surface area contributed by atoms with Crippen LogP contribution in [0.5, 0.6) is 0 Å². The largest absolute Gasteiger partial charge is 0.449 e. The van der Waals surface area contributed by atoms with Crippen LogP contribution < -0.4 is 11.1 Å². The number of benzene rings is 2. The van der Waals surface area contributed by atoms with Gasteiger partial charge in [0.2, 0.25) is 5.76 Å². The molecule has 2 aromatic carbocycles. The number of amides is 2. The third kappa shape index (κ3) is 2.57. The molecule has 0 saturated heterocycles. The number of nitrogens with one attached hydrogen (secondary N) is 1. The van der Waals surface area contributed by atoms with E-state index in [1.54, 1.807) is 36.4 Å². The maximum absolute atomic E-state index is 12.4. The Hall–Kier alpha value is -2.35. The Morgan fingerprint density at radius 1 is 1.05 bits per heavy atom. The van der Waals surface area contributed by atoms with Crippen molar-refractivity contribution in [1.29, 1.82) is 0 Å². The summed E-state index contributed by atoms with van der Waals surface area (Å²) >= 11 is 2.08. The molecule has 2 amide bonds. The van der Waals surface area contributed by atoms with Crippen molar-refractivity contribution in [2.24, 2.45) is 5.73 Å². The van der Waals surface area contributed by atoms with Crippen LogP contribution in [-0.4, -0.2) is 11.8 Å². The molecule has 3 rings (SSSR count). The van der Waals surface area contributed by atoms with E-state index in [1.807, 2.05) is 12.1 Å². The number of carbonyl (C=O) groups excluding carboxylic acids is 2. The Morgan fingerprint density at radius 2 is 1.73 bits per heavy atom. The number of rotatable bonds is 3. The summed E-state index contributed by atoms with van der Waals surface area (Å²) in [5.41, 5.74) is 6.65. The van der Waals surface area contributed by atoms with Gasteiger partial charge in [-0.15, -0.1) is 0 Å². The van der Waals surface area contributed by atoms with Crippen molar-refractivity contribution < 1.29 is 14.0 Å². The van der Waals surface area contributed by atoms with E-state index in [2.05, 4.69) is 27.9 Å². The number of furan rings is 1. The van der Waals surface area contributed by atoms with E-state index < -0.39 is 5.91 Å². The molecule has 3 N–H and O–H groups in total. The maximum atomic E-state index is 12.4. The van der Waals surface area contributed by atoms with Crippen molar-refractivity contribution in [2.45, 2.75) is 0 Å². The molecule has 5 nitrogen and oxygen atoms in total. The minimum atomic E-state index is -0.728. The molecule has 1 heterocycles. The number of fused-ring (bicyclic) bond motifs is 1. The number of halogens is 1. The fourth-order valence-corrected chi connectivity index (χ4v) is 2.80. The quantitative estimate of drug-likeness (QED) is 0.654. The fourth-order valence-electron chi connectivity index (χ4n) is 2.17. The van der Waals surface area contributed by atoms with E-state index in [-0.39, 0.29) is 11.7 Å². The summed E-state index contributed by atoms with van der Waals surface area (Å²) in [6.07, 6.45) is 0. The molecule has 3 aromatic rings. The normalized spacial score (nSPS) is 10.6. The predicted molar refractivity (Wildman–Crippen MR) is 91.8 cm³/mol. The lowest BCUT2D eigenvalue weighted by atomic mass is 10.2. The lowest BCUT2D eigenvalue weighted by Gasteiger charge is -2.06. The van der Waals surface area contributed by atoms with Crippen LogP contribution in [0, 0.1) is 3.57 Å². The van der Waals surface area contributed by atoms with Crippen molar-refractivity contribution in [2.75, 3.05) is 5.32 Å². The smallest absolute Gasteiger partial charge is 0.286 e. The standard InChI is InChI=1S/C16H11IN2O3/c17-11-7-3-1-5-9(11)16(21)19-13-10-6-2-4-8-12(10)22-14(13)15(18)20/h1-8H,(H2,18,20)(H,19,21). The highest BCUT2D eigenvalue weighted by Crippen LogP contribution is 2.31. The van der Waals surface area contributed by atoms with Crippen LogP contribution in [0.1, 0.15) is 20.9 Å². The van der Waals surface area contributed by atoms with E-state index in [0.717, 1.165) is 3.57 Å². The van der Waals surface area contributed by atoms with Gasteiger partial charge in [0.15, 0.2) is 0 Å². The maximum Gasteiger partial charge on any atom is 0.286 e. The topological polar surface area (TPSA) is 85.3 Å². The number of para-hydroxylation sites is 1. The van der Waals surface area contributed by atoms with Crippen molar-refractivity contribution in [3.63, 3.8) is 0 Å². The first kappa shape index (κ1) is 14.6. The van der Waals surface area contributed by atoms with Crippen LogP contribution in [0.2, 0.25) is 0 Å². The van der Waals surface area contributed by atoms with Gasteiger partial charge in [0.1, 0.15) is 11.3 Å². The zero-order valence-corrected chi connectivity index (χ0v) is 13.5. The second kappa shape index (κ2) is 5.80. The summed E-state index contributed by atoms with van der Waals surface area (Å²) in [6, 6.07) is 14.2. The van der Waals surface area contributed by atoms with Gasteiger partial charge in [-0.2, -0.15) is 0 Å². The van der Waals surface area contributed by atoms with Gasteiger partial charge < -0.3 is 15.5 Å². The summed E-state index contributed by atoms with van der Waals surface area (Å²) in [7, 11) is 0. The summed E-state index contributed by atoms with van der Waals surface area (Å²) in [4.78, 5) is 24.0. The Kier molecular flexibility index (Phi) is 3.84. The molecule has 0 aliphatic heterocycles. The molecule has 0 bridgehead atoms. The summed E-state index contributed by atoms with van der Waals surface area (Å²) in [6.45, 7) is 0. The monoisotopic (exact) mass is 406 g/mol. The number of primary amides is 1.